The summed E-state index contributed by atoms with van der Waals surface area (Å²) in [5.41, 5.74) is 3.60. The lowest BCUT2D eigenvalue weighted by atomic mass is 10.0. The summed E-state index contributed by atoms with van der Waals surface area (Å²) >= 11 is 0. The van der Waals surface area contributed by atoms with Crippen molar-refractivity contribution in [3.05, 3.63) is 47.4 Å². The van der Waals surface area contributed by atoms with E-state index in [-0.39, 0.29) is 5.82 Å². The Bertz CT molecular complexity index is 552. The van der Waals surface area contributed by atoms with Crippen LogP contribution in [0.5, 0.6) is 5.75 Å². The van der Waals surface area contributed by atoms with E-state index in [9.17, 15) is 4.39 Å². The van der Waals surface area contributed by atoms with Crippen LogP contribution in [0.2, 0.25) is 0 Å². The molecule has 0 radical (unpaired) electrons. The van der Waals surface area contributed by atoms with Crippen LogP contribution in [0.1, 0.15) is 11.1 Å². The van der Waals surface area contributed by atoms with Gasteiger partial charge in [-0.1, -0.05) is 6.07 Å². The number of aryl methyl sites for hydroxylation is 1. The maximum atomic E-state index is 13.2. The van der Waals surface area contributed by atoms with Crippen LogP contribution in [0.4, 0.5) is 4.39 Å². The van der Waals surface area contributed by atoms with Crippen LogP contribution in [-0.2, 0) is 0 Å². The number of rotatable bonds is 2. The second kappa shape index (κ2) is 4.53. The molecular formula is C14H14FNO. The van der Waals surface area contributed by atoms with Gasteiger partial charge in [-0.15, -0.1) is 0 Å². The van der Waals surface area contributed by atoms with Gasteiger partial charge in [-0.3, -0.25) is 4.98 Å². The third-order valence-corrected chi connectivity index (χ3v) is 2.88. The van der Waals surface area contributed by atoms with Crippen LogP contribution < -0.4 is 4.74 Å². The molecule has 17 heavy (non-hydrogen) atoms. The fraction of sp³-hybridized carbons (Fsp3) is 0.214. The number of benzene rings is 1. The van der Waals surface area contributed by atoms with Crippen molar-refractivity contribution in [1.82, 2.24) is 4.98 Å². The van der Waals surface area contributed by atoms with Crippen molar-refractivity contribution in [2.24, 2.45) is 0 Å². The Labute approximate surface area is 100 Å². The number of halogens is 1. The molecule has 0 N–H and O–H groups in total. The van der Waals surface area contributed by atoms with Crippen LogP contribution in [-0.4, -0.2) is 12.1 Å². The van der Waals surface area contributed by atoms with Crippen LogP contribution in [0, 0.1) is 19.7 Å². The Morgan fingerprint density at radius 3 is 2.59 bits per heavy atom. The molecular weight excluding hydrogens is 217 g/mol. The predicted octanol–water partition coefficient (Wildman–Crippen LogP) is 3.51. The van der Waals surface area contributed by atoms with Crippen LogP contribution in [0.25, 0.3) is 11.3 Å². The molecule has 2 nitrogen and oxygen atoms in total. The van der Waals surface area contributed by atoms with Gasteiger partial charge in [0, 0.05) is 17.8 Å². The molecule has 0 aliphatic rings. The summed E-state index contributed by atoms with van der Waals surface area (Å²) < 4.78 is 18.6. The van der Waals surface area contributed by atoms with E-state index in [1.54, 1.807) is 7.11 Å². The van der Waals surface area contributed by atoms with Crippen molar-refractivity contribution in [2.75, 3.05) is 7.11 Å². The number of methoxy groups -OCH3 is 1. The van der Waals surface area contributed by atoms with Gasteiger partial charge in [0.25, 0.3) is 0 Å². The van der Waals surface area contributed by atoms with E-state index in [2.05, 4.69) is 4.98 Å². The van der Waals surface area contributed by atoms with Crippen molar-refractivity contribution >= 4 is 0 Å². The first-order valence-electron chi connectivity index (χ1n) is 5.39. The second-order valence-electron chi connectivity index (χ2n) is 3.95. The van der Waals surface area contributed by atoms with Crippen LogP contribution in [0.15, 0.2) is 30.5 Å². The van der Waals surface area contributed by atoms with E-state index in [0.717, 1.165) is 22.4 Å². The Kier molecular flexibility index (Phi) is 3.09. The molecule has 1 aromatic heterocycles. The van der Waals surface area contributed by atoms with Gasteiger partial charge in [-0.05, 0) is 37.1 Å². The van der Waals surface area contributed by atoms with Gasteiger partial charge in [0.1, 0.15) is 11.6 Å². The maximum Gasteiger partial charge on any atom is 0.131 e. The van der Waals surface area contributed by atoms with Gasteiger partial charge < -0.3 is 4.74 Å². The van der Waals surface area contributed by atoms with Gasteiger partial charge in [0.05, 0.1) is 12.8 Å². The molecule has 0 fully saturated rings. The molecule has 3 heteroatoms. The van der Waals surface area contributed by atoms with Gasteiger partial charge >= 0.3 is 0 Å². The molecule has 88 valence electrons. The number of pyridine rings is 1. The largest absolute Gasteiger partial charge is 0.496 e. The Hall–Kier alpha value is -1.90. The molecule has 1 aromatic carbocycles. The molecule has 0 aliphatic carbocycles. The minimum absolute atomic E-state index is 0.296. The predicted molar refractivity (Wildman–Crippen MR) is 65.7 cm³/mol. The summed E-state index contributed by atoms with van der Waals surface area (Å²) in [6.07, 6.45) is 1.46. The summed E-state index contributed by atoms with van der Waals surface area (Å²) in [5.74, 6) is 0.457. The molecule has 1 heterocycles. The van der Waals surface area contributed by atoms with E-state index in [1.807, 2.05) is 26.0 Å². The highest BCUT2D eigenvalue weighted by Crippen LogP contribution is 2.33. The Morgan fingerprint density at radius 1 is 1.18 bits per heavy atom. The molecule has 0 aliphatic heterocycles. The van der Waals surface area contributed by atoms with E-state index >= 15 is 0 Å². The quantitative estimate of drug-likeness (QED) is 0.789. The highest BCUT2D eigenvalue weighted by Gasteiger charge is 2.11. The normalized spacial score (nSPS) is 10.4. The molecule has 2 aromatic rings. The second-order valence-corrected chi connectivity index (χ2v) is 3.95. The van der Waals surface area contributed by atoms with Crippen molar-refractivity contribution < 1.29 is 9.13 Å². The average molecular weight is 231 g/mol. The fourth-order valence-corrected chi connectivity index (χ4v) is 1.81. The number of aromatic nitrogens is 1. The van der Waals surface area contributed by atoms with Gasteiger partial charge in [0.15, 0.2) is 0 Å². The lowest BCUT2D eigenvalue weighted by Crippen LogP contribution is -1.95. The number of hydrogen-bond acceptors (Lipinski definition) is 2. The first-order chi connectivity index (χ1) is 8.13. The molecule has 0 amide bonds. The first kappa shape index (κ1) is 11.6. The first-order valence-corrected chi connectivity index (χ1v) is 5.39. The molecule has 0 unspecified atom stereocenters. The van der Waals surface area contributed by atoms with E-state index in [0.29, 0.717) is 5.69 Å². The third-order valence-electron chi connectivity index (χ3n) is 2.88. The lowest BCUT2D eigenvalue weighted by molar-refractivity contribution is 0.413. The standard InChI is InChI=1S/C14H14FNO/c1-9-4-5-12(14(17-3)10(9)2)13-8-11(15)6-7-16-13/h4-8H,1-3H3. The van der Waals surface area contributed by atoms with Gasteiger partial charge in [0.2, 0.25) is 0 Å². The topological polar surface area (TPSA) is 22.1 Å². The number of hydrogen-bond donors (Lipinski definition) is 0. The summed E-state index contributed by atoms with van der Waals surface area (Å²) in [7, 11) is 1.62. The van der Waals surface area contributed by atoms with Gasteiger partial charge in [-0.25, -0.2) is 4.39 Å². The minimum Gasteiger partial charge on any atom is -0.496 e. The van der Waals surface area contributed by atoms with Gasteiger partial charge in [-0.2, -0.15) is 0 Å². The number of nitrogens with zero attached hydrogens (tertiary/aromatic N) is 1. The fourth-order valence-electron chi connectivity index (χ4n) is 1.81. The van der Waals surface area contributed by atoms with Crippen molar-refractivity contribution in [1.29, 1.82) is 0 Å². The maximum absolute atomic E-state index is 13.2. The highest BCUT2D eigenvalue weighted by molar-refractivity contribution is 5.70. The average Bonchev–Trinajstić information content (AvgIpc) is 2.32. The van der Waals surface area contributed by atoms with Crippen LogP contribution in [0.3, 0.4) is 0 Å². The minimum atomic E-state index is -0.296. The van der Waals surface area contributed by atoms with Crippen molar-refractivity contribution in [2.45, 2.75) is 13.8 Å². The zero-order valence-electron chi connectivity index (χ0n) is 10.1. The zero-order valence-corrected chi connectivity index (χ0v) is 10.1. The molecule has 0 bridgehead atoms. The van der Waals surface area contributed by atoms with Crippen LogP contribution >= 0.6 is 0 Å². The summed E-state index contributed by atoms with van der Waals surface area (Å²) in [5, 5.41) is 0. The smallest absolute Gasteiger partial charge is 0.131 e. The molecule has 2 rings (SSSR count). The van der Waals surface area contributed by atoms with E-state index in [4.69, 9.17) is 4.74 Å². The summed E-state index contributed by atoms with van der Waals surface area (Å²) in [6.45, 7) is 4.00. The molecule has 0 saturated carbocycles. The molecule has 0 spiro atoms. The lowest BCUT2D eigenvalue weighted by Gasteiger charge is -2.12. The Morgan fingerprint density at radius 2 is 1.94 bits per heavy atom. The monoisotopic (exact) mass is 231 g/mol. The van der Waals surface area contributed by atoms with Crippen molar-refractivity contribution in [3.8, 4) is 17.0 Å². The SMILES string of the molecule is COc1c(-c2cc(F)ccn2)ccc(C)c1C. The van der Waals surface area contributed by atoms with E-state index < -0.39 is 0 Å². The Balaban J connectivity index is 2.63. The van der Waals surface area contributed by atoms with E-state index in [1.165, 1.54) is 18.3 Å². The summed E-state index contributed by atoms with van der Waals surface area (Å²) in [4.78, 5) is 4.17. The number of ether oxygens (including phenoxy) is 1. The highest BCUT2D eigenvalue weighted by atomic mass is 19.1. The van der Waals surface area contributed by atoms with Crippen molar-refractivity contribution in [3.63, 3.8) is 0 Å². The summed E-state index contributed by atoms with van der Waals surface area (Å²) in [6, 6.07) is 6.63. The zero-order chi connectivity index (χ0) is 12.4. The third kappa shape index (κ3) is 2.13. The molecule has 0 saturated heterocycles. The molecule has 0 atom stereocenters.